The van der Waals surface area contributed by atoms with Crippen LogP contribution in [0.1, 0.15) is 22.3 Å². The molecule has 0 fully saturated rings. The van der Waals surface area contributed by atoms with Crippen molar-refractivity contribution in [3.63, 3.8) is 0 Å². The van der Waals surface area contributed by atoms with Crippen LogP contribution in [0.5, 0.6) is 0 Å². The number of amides is 3. The summed E-state index contributed by atoms with van der Waals surface area (Å²) in [4.78, 5) is 40.1. The van der Waals surface area contributed by atoms with Crippen LogP contribution in [0, 0.1) is 0 Å². The second-order valence-electron chi connectivity index (χ2n) is 8.17. The zero-order chi connectivity index (χ0) is 24.5. The highest BCUT2D eigenvalue weighted by Gasteiger charge is 2.14. The van der Waals surface area contributed by atoms with Crippen molar-refractivity contribution < 1.29 is 14.4 Å². The molecule has 3 rings (SSSR count). The van der Waals surface area contributed by atoms with Gasteiger partial charge in [-0.05, 0) is 54.4 Å². The van der Waals surface area contributed by atoms with Gasteiger partial charge in [-0.2, -0.15) is 0 Å². The molecule has 0 atom stereocenters. The van der Waals surface area contributed by atoms with E-state index in [0.717, 1.165) is 11.3 Å². The lowest BCUT2D eigenvalue weighted by Crippen LogP contribution is -2.26. The van der Waals surface area contributed by atoms with E-state index in [2.05, 4.69) is 10.6 Å². The van der Waals surface area contributed by atoms with Crippen molar-refractivity contribution in [2.75, 3.05) is 43.2 Å². The van der Waals surface area contributed by atoms with Crippen LogP contribution in [0.4, 0.5) is 17.1 Å². The minimum absolute atomic E-state index is 0.0608. The molecule has 0 aliphatic rings. The Kier molecular flexibility index (Phi) is 8.40. The topological polar surface area (TPSA) is 81.8 Å². The Bertz CT molecular complexity index is 1130. The number of para-hydroxylation sites is 1. The van der Waals surface area contributed by atoms with E-state index in [1.807, 2.05) is 60.7 Å². The third-order valence-electron chi connectivity index (χ3n) is 5.37. The van der Waals surface area contributed by atoms with Gasteiger partial charge < -0.3 is 20.4 Å². The van der Waals surface area contributed by atoms with Gasteiger partial charge in [0.1, 0.15) is 0 Å². The minimum Gasteiger partial charge on any atom is -0.376 e. The van der Waals surface area contributed by atoms with Gasteiger partial charge in [0, 0.05) is 50.2 Å². The monoisotopic (exact) mass is 458 g/mol. The lowest BCUT2D eigenvalue weighted by molar-refractivity contribution is -0.128. The van der Waals surface area contributed by atoms with Crippen molar-refractivity contribution in [1.82, 2.24) is 4.90 Å². The van der Waals surface area contributed by atoms with E-state index in [1.165, 1.54) is 0 Å². The molecule has 7 heteroatoms. The van der Waals surface area contributed by atoms with E-state index in [9.17, 15) is 14.4 Å². The van der Waals surface area contributed by atoms with Crippen molar-refractivity contribution in [1.29, 1.82) is 0 Å². The molecule has 3 amide bonds. The lowest BCUT2D eigenvalue weighted by atomic mass is 10.1. The summed E-state index contributed by atoms with van der Waals surface area (Å²) in [5.41, 5.74) is 3.74. The largest absolute Gasteiger partial charge is 0.376 e. The number of carbonyl (C=O) groups excluding carboxylic acids is 3. The molecule has 34 heavy (non-hydrogen) atoms. The minimum atomic E-state index is -0.200. The maximum absolute atomic E-state index is 12.8. The first-order valence-corrected chi connectivity index (χ1v) is 11.1. The van der Waals surface area contributed by atoms with Crippen molar-refractivity contribution in [2.24, 2.45) is 0 Å². The Morgan fingerprint density at radius 1 is 0.794 bits per heavy atom. The number of hydrogen-bond acceptors (Lipinski definition) is 4. The maximum Gasteiger partial charge on any atom is 0.258 e. The van der Waals surface area contributed by atoms with Crippen LogP contribution >= 0.6 is 0 Å². The van der Waals surface area contributed by atoms with Gasteiger partial charge in [-0.25, -0.2) is 0 Å². The van der Waals surface area contributed by atoms with Gasteiger partial charge in [-0.15, -0.1) is 0 Å². The first-order chi connectivity index (χ1) is 16.3. The Balaban J connectivity index is 1.51. The molecule has 0 heterocycles. The SMILES string of the molecule is CN(C)C(=O)CCc1ccc(NC(=O)CNc2cccc(C(=O)N(C)c3ccccc3)c2)cc1. The predicted molar refractivity (Wildman–Crippen MR) is 136 cm³/mol. The number of nitrogens with zero attached hydrogens (tertiary/aromatic N) is 2. The molecule has 3 aromatic rings. The second-order valence-corrected chi connectivity index (χ2v) is 8.17. The van der Waals surface area contributed by atoms with E-state index in [4.69, 9.17) is 0 Å². The molecule has 0 unspecified atom stereocenters. The molecule has 2 N–H and O–H groups in total. The Hall–Kier alpha value is -4.13. The molecule has 3 aromatic carbocycles. The molecule has 0 spiro atoms. The zero-order valence-electron chi connectivity index (χ0n) is 19.7. The Labute approximate surface area is 200 Å². The van der Waals surface area contributed by atoms with Crippen molar-refractivity contribution in [3.8, 4) is 0 Å². The van der Waals surface area contributed by atoms with E-state index in [1.54, 1.807) is 49.1 Å². The third-order valence-corrected chi connectivity index (χ3v) is 5.37. The van der Waals surface area contributed by atoms with E-state index < -0.39 is 0 Å². The number of aryl methyl sites for hydroxylation is 1. The van der Waals surface area contributed by atoms with Crippen LogP contribution in [-0.2, 0) is 16.0 Å². The smallest absolute Gasteiger partial charge is 0.258 e. The first kappa shape index (κ1) is 24.5. The summed E-state index contributed by atoms with van der Waals surface area (Å²) in [6.45, 7) is 0.0608. The fourth-order valence-electron chi connectivity index (χ4n) is 3.34. The van der Waals surface area contributed by atoms with Crippen LogP contribution < -0.4 is 15.5 Å². The highest BCUT2D eigenvalue weighted by atomic mass is 16.2. The molecule has 0 radical (unpaired) electrons. The molecule has 0 saturated heterocycles. The summed E-state index contributed by atoms with van der Waals surface area (Å²) in [6.07, 6.45) is 1.10. The Morgan fingerprint density at radius 3 is 2.18 bits per heavy atom. The quantitative estimate of drug-likeness (QED) is 0.507. The van der Waals surface area contributed by atoms with E-state index >= 15 is 0 Å². The number of nitrogens with one attached hydrogen (secondary N) is 2. The predicted octanol–water partition coefficient (Wildman–Crippen LogP) is 4.03. The molecule has 0 aliphatic carbocycles. The molecule has 0 aromatic heterocycles. The molecular weight excluding hydrogens is 428 g/mol. The number of carbonyl (C=O) groups is 3. The number of anilines is 3. The zero-order valence-corrected chi connectivity index (χ0v) is 19.7. The first-order valence-electron chi connectivity index (χ1n) is 11.1. The summed E-state index contributed by atoms with van der Waals surface area (Å²) in [5.74, 6) is -0.249. The van der Waals surface area contributed by atoms with Crippen molar-refractivity contribution in [3.05, 3.63) is 90.0 Å². The van der Waals surface area contributed by atoms with Gasteiger partial charge in [0.05, 0.1) is 6.54 Å². The van der Waals surface area contributed by atoms with E-state index in [-0.39, 0.29) is 24.3 Å². The highest BCUT2D eigenvalue weighted by Crippen LogP contribution is 2.17. The average Bonchev–Trinajstić information content (AvgIpc) is 2.86. The number of rotatable bonds is 9. The summed E-state index contributed by atoms with van der Waals surface area (Å²) in [6, 6.07) is 24.0. The maximum atomic E-state index is 12.8. The standard InChI is InChI=1S/C27H30N4O3/c1-30(2)26(33)17-14-20-12-15-22(16-13-20)29-25(32)19-28-23-9-7-8-21(18-23)27(34)31(3)24-10-5-4-6-11-24/h4-13,15-16,18,28H,14,17,19H2,1-3H3,(H,29,32). The van der Waals surface area contributed by atoms with Crippen molar-refractivity contribution in [2.45, 2.75) is 12.8 Å². The fraction of sp³-hybridized carbons (Fsp3) is 0.222. The van der Waals surface area contributed by atoms with Gasteiger partial charge in [-0.1, -0.05) is 36.4 Å². The Morgan fingerprint density at radius 2 is 1.50 bits per heavy atom. The van der Waals surface area contributed by atoms with Gasteiger partial charge in [0.25, 0.3) is 5.91 Å². The van der Waals surface area contributed by atoms with Crippen molar-refractivity contribution >= 4 is 34.8 Å². The van der Waals surface area contributed by atoms with Crippen LogP contribution in [0.3, 0.4) is 0 Å². The van der Waals surface area contributed by atoms with Gasteiger partial charge in [0.2, 0.25) is 11.8 Å². The van der Waals surface area contributed by atoms with E-state index in [0.29, 0.717) is 29.8 Å². The van der Waals surface area contributed by atoms with Gasteiger partial charge in [0.15, 0.2) is 0 Å². The normalized spacial score (nSPS) is 10.3. The highest BCUT2D eigenvalue weighted by molar-refractivity contribution is 6.06. The van der Waals surface area contributed by atoms with Gasteiger partial charge >= 0.3 is 0 Å². The molecule has 0 bridgehead atoms. The average molecular weight is 459 g/mol. The van der Waals surface area contributed by atoms with Gasteiger partial charge in [-0.3, -0.25) is 14.4 Å². The molecule has 176 valence electrons. The third kappa shape index (κ3) is 6.93. The molecular formula is C27H30N4O3. The molecule has 7 nitrogen and oxygen atoms in total. The fourth-order valence-corrected chi connectivity index (χ4v) is 3.34. The van der Waals surface area contributed by atoms with Crippen LogP contribution in [0.2, 0.25) is 0 Å². The summed E-state index contributed by atoms with van der Waals surface area (Å²) < 4.78 is 0. The number of benzene rings is 3. The molecule has 0 aliphatic heterocycles. The second kappa shape index (κ2) is 11.7. The van der Waals surface area contributed by atoms with Crippen LogP contribution in [0.15, 0.2) is 78.9 Å². The summed E-state index contributed by atoms with van der Waals surface area (Å²) in [7, 11) is 5.22. The number of hydrogen-bond donors (Lipinski definition) is 2. The van der Waals surface area contributed by atoms with Crippen LogP contribution in [-0.4, -0.2) is 50.3 Å². The lowest BCUT2D eigenvalue weighted by Gasteiger charge is -2.18. The molecule has 0 saturated carbocycles. The van der Waals surface area contributed by atoms with Crippen LogP contribution in [0.25, 0.3) is 0 Å². The summed E-state index contributed by atoms with van der Waals surface area (Å²) in [5, 5.41) is 5.92. The summed E-state index contributed by atoms with van der Waals surface area (Å²) >= 11 is 0.